The highest BCUT2D eigenvalue weighted by Crippen LogP contribution is 2.42. The fourth-order valence-corrected chi connectivity index (χ4v) is 6.36. The number of hydrogen-bond acceptors (Lipinski definition) is 4. The lowest BCUT2D eigenvalue weighted by Crippen LogP contribution is -2.30. The molecule has 42 heavy (non-hydrogen) atoms. The number of allylic oxidation sites excluding steroid dienone is 6. The molecule has 0 aromatic rings. The lowest BCUT2D eigenvalue weighted by molar-refractivity contribution is -0.141. The first-order valence-corrected chi connectivity index (χ1v) is 17.7. The minimum Gasteiger partial charge on any atom is -0.469 e. The summed E-state index contributed by atoms with van der Waals surface area (Å²) in [5, 5.41) is 0. The molecule has 0 heterocycles. The first-order valence-electron chi connectivity index (χ1n) is 17.7. The van der Waals surface area contributed by atoms with Crippen molar-refractivity contribution in [3.63, 3.8) is 0 Å². The maximum absolute atomic E-state index is 11.4. The van der Waals surface area contributed by atoms with Gasteiger partial charge in [-0.1, -0.05) is 140 Å². The molecule has 4 atom stereocenters. The lowest BCUT2D eigenvalue weighted by Gasteiger charge is -2.38. The van der Waals surface area contributed by atoms with Gasteiger partial charge in [-0.2, -0.15) is 0 Å². The first kappa shape index (κ1) is 38.2. The van der Waals surface area contributed by atoms with Crippen molar-refractivity contribution in [3.8, 4) is 0 Å². The number of rotatable bonds is 26. The van der Waals surface area contributed by atoms with Gasteiger partial charge in [-0.15, -0.1) is 0 Å². The van der Waals surface area contributed by atoms with Crippen LogP contribution in [0.25, 0.3) is 0 Å². The van der Waals surface area contributed by atoms with Gasteiger partial charge in [0.15, 0.2) is 0 Å². The van der Waals surface area contributed by atoms with E-state index in [1.54, 1.807) is 0 Å². The number of ether oxygens (including phenoxy) is 2. The molecule has 1 rings (SSSR count). The highest BCUT2D eigenvalue weighted by molar-refractivity contribution is 5.69. The number of hydrogen-bond donors (Lipinski definition) is 0. The Morgan fingerprint density at radius 1 is 0.595 bits per heavy atom. The van der Waals surface area contributed by atoms with E-state index in [-0.39, 0.29) is 11.9 Å². The van der Waals surface area contributed by atoms with Crippen LogP contribution in [0.3, 0.4) is 0 Å². The van der Waals surface area contributed by atoms with Crippen LogP contribution in [0.4, 0.5) is 0 Å². The summed E-state index contributed by atoms with van der Waals surface area (Å²) >= 11 is 0. The second kappa shape index (κ2) is 26.8. The second-order valence-electron chi connectivity index (χ2n) is 12.5. The van der Waals surface area contributed by atoms with E-state index < -0.39 is 0 Å². The van der Waals surface area contributed by atoms with Gasteiger partial charge in [0, 0.05) is 18.8 Å². The summed E-state index contributed by atoms with van der Waals surface area (Å²) in [6.07, 6.45) is 40.6. The molecule has 0 bridgehead atoms. The zero-order valence-electron chi connectivity index (χ0n) is 28.0. The predicted octanol–water partition coefficient (Wildman–Crippen LogP) is 11.1. The van der Waals surface area contributed by atoms with Crippen LogP contribution < -0.4 is 0 Å². The van der Waals surface area contributed by atoms with Gasteiger partial charge in [-0.25, -0.2) is 0 Å². The van der Waals surface area contributed by atoms with Crippen LogP contribution in [0.15, 0.2) is 36.5 Å². The van der Waals surface area contributed by atoms with E-state index in [0.717, 1.165) is 25.7 Å². The molecule has 242 valence electrons. The van der Waals surface area contributed by atoms with E-state index >= 15 is 0 Å². The molecule has 0 fully saturated rings. The van der Waals surface area contributed by atoms with Crippen molar-refractivity contribution in [2.24, 2.45) is 23.7 Å². The Morgan fingerprint density at radius 3 is 1.60 bits per heavy atom. The van der Waals surface area contributed by atoms with Crippen molar-refractivity contribution < 1.29 is 19.1 Å². The first-order chi connectivity index (χ1) is 20.6. The van der Waals surface area contributed by atoms with Gasteiger partial charge in [0.2, 0.25) is 0 Å². The van der Waals surface area contributed by atoms with Gasteiger partial charge in [-0.05, 0) is 56.3 Å². The van der Waals surface area contributed by atoms with Gasteiger partial charge in [0.05, 0.1) is 14.2 Å². The molecule has 0 saturated heterocycles. The van der Waals surface area contributed by atoms with Gasteiger partial charge in [-0.3, -0.25) is 9.59 Å². The average Bonchev–Trinajstić information content (AvgIpc) is 3.00. The topological polar surface area (TPSA) is 52.6 Å². The lowest BCUT2D eigenvalue weighted by atomic mass is 9.67. The summed E-state index contributed by atoms with van der Waals surface area (Å²) in [7, 11) is 2.95. The average molecular weight is 587 g/mol. The van der Waals surface area contributed by atoms with Crippen LogP contribution in [0, 0.1) is 23.7 Å². The quantitative estimate of drug-likeness (QED) is 0.0574. The fourth-order valence-electron chi connectivity index (χ4n) is 6.36. The summed E-state index contributed by atoms with van der Waals surface area (Å²) in [5.74, 6) is 2.34. The Balaban J connectivity index is 2.72. The van der Waals surface area contributed by atoms with Gasteiger partial charge in [0.1, 0.15) is 0 Å². The normalized spacial score (nSPS) is 20.5. The molecule has 4 nitrogen and oxygen atoms in total. The molecule has 1 aliphatic rings. The zero-order valence-corrected chi connectivity index (χ0v) is 28.0. The van der Waals surface area contributed by atoms with E-state index in [9.17, 15) is 9.59 Å². The zero-order chi connectivity index (χ0) is 30.7. The van der Waals surface area contributed by atoms with E-state index in [1.807, 2.05) is 0 Å². The van der Waals surface area contributed by atoms with E-state index in [2.05, 4.69) is 50.3 Å². The van der Waals surface area contributed by atoms with Crippen molar-refractivity contribution in [2.75, 3.05) is 14.2 Å². The standard InChI is InChI=1S/C38H66O4/c1-5-7-9-19-25-33-31-32-34(26-20-15-14-18-24-30-38(40)42-4)36(35(33)27-21-10-8-6-2)28-22-16-12-11-13-17-23-29-37(39)41-3/h19,21,25,27,31-36H,5-18,20,22-24,26,28-30H2,1-4H3/b25-19+,27-21+. The maximum atomic E-state index is 11.4. The summed E-state index contributed by atoms with van der Waals surface area (Å²) in [4.78, 5) is 22.7. The van der Waals surface area contributed by atoms with Gasteiger partial charge in [0.25, 0.3) is 0 Å². The predicted molar refractivity (Wildman–Crippen MR) is 178 cm³/mol. The van der Waals surface area contributed by atoms with E-state index in [0.29, 0.717) is 36.5 Å². The number of esters is 2. The Morgan fingerprint density at radius 2 is 1.07 bits per heavy atom. The number of unbranched alkanes of at least 4 members (excludes halogenated alkanes) is 14. The van der Waals surface area contributed by atoms with Crippen molar-refractivity contribution >= 4 is 11.9 Å². The second-order valence-corrected chi connectivity index (χ2v) is 12.5. The molecule has 0 amide bonds. The minimum absolute atomic E-state index is 0.0820. The molecule has 0 aromatic heterocycles. The molecule has 0 saturated carbocycles. The molecule has 0 N–H and O–H groups in total. The summed E-state index contributed by atoms with van der Waals surface area (Å²) < 4.78 is 9.53. The maximum Gasteiger partial charge on any atom is 0.305 e. The number of carbonyl (C=O) groups is 2. The molecule has 0 radical (unpaired) electrons. The molecule has 4 heteroatoms. The molecule has 4 unspecified atom stereocenters. The Kier molecular flexibility index (Phi) is 24.3. The molecule has 0 aliphatic heterocycles. The molecule has 0 spiro atoms. The van der Waals surface area contributed by atoms with Crippen molar-refractivity contribution in [1.29, 1.82) is 0 Å². The Labute approximate surface area is 260 Å². The molecule has 1 aliphatic carbocycles. The Bertz CT molecular complexity index is 752. The van der Waals surface area contributed by atoms with Crippen LogP contribution in [0.1, 0.15) is 155 Å². The van der Waals surface area contributed by atoms with Crippen LogP contribution in [0.5, 0.6) is 0 Å². The third-order valence-corrected chi connectivity index (χ3v) is 9.03. The Hall–Kier alpha value is -1.84. The number of methoxy groups -OCH3 is 2. The third-order valence-electron chi connectivity index (χ3n) is 9.03. The smallest absolute Gasteiger partial charge is 0.305 e. The van der Waals surface area contributed by atoms with Crippen molar-refractivity contribution in [1.82, 2.24) is 0 Å². The van der Waals surface area contributed by atoms with Crippen LogP contribution in [-0.4, -0.2) is 26.2 Å². The third kappa shape index (κ3) is 18.6. The molecular weight excluding hydrogens is 520 g/mol. The monoisotopic (exact) mass is 586 g/mol. The SMILES string of the molecule is CCCC/C=C/C1C=CC(CCCCCCCC(=O)OC)C(CCCCCCCCCC(=O)OC)C1/C=C/CCCC. The highest BCUT2D eigenvalue weighted by Gasteiger charge is 2.33. The van der Waals surface area contributed by atoms with Gasteiger partial charge >= 0.3 is 11.9 Å². The fraction of sp³-hybridized carbons (Fsp3) is 0.789. The highest BCUT2D eigenvalue weighted by atomic mass is 16.5. The largest absolute Gasteiger partial charge is 0.469 e. The summed E-state index contributed by atoms with van der Waals surface area (Å²) in [6, 6.07) is 0. The molecular formula is C38H66O4. The van der Waals surface area contributed by atoms with Crippen molar-refractivity contribution in [3.05, 3.63) is 36.5 Å². The van der Waals surface area contributed by atoms with Crippen molar-refractivity contribution in [2.45, 2.75) is 155 Å². The molecule has 0 aromatic carbocycles. The van der Waals surface area contributed by atoms with E-state index in [1.165, 1.54) is 117 Å². The summed E-state index contributed by atoms with van der Waals surface area (Å²) in [6.45, 7) is 4.56. The van der Waals surface area contributed by atoms with Crippen LogP contribution in [-0.2, 0) is 19.1 Å². The van der Waals surface area contributed by atoms with Crippen LogP contribution in [0.2, 0.25) is 0 Å². The summed E-state index contributed by atoms with van der Waals surface area (Å²) in [5.41, 5.74) is 0. The van der Waals surface area contributed by atoms with Gasteiger partial charge < -0.3 is 9.47 Å². The minimum atomic E-state index is -0.0833. The van der Waals surface area contributed by atoms with E-state index in [4.69, 9.17) is 9.47 Å². The number of carbonyl (C=O) groups excluding carboxylic acids is 2. The van der Waals surface area contributed by atoms with Crippen LogP contribution >= 0.6 is 0 Å².